The lowest BCUT2D eigenvalue weighted by molar-refractivity contribution is 0.234. The number of piperazine rings is 1. The van der Waals surface area contributed by atoms with Crippen molar-refractivity contribution in [1.82, 2.24) is 15.1 Å². The van der Waals surface area contributed by atoms with Gasteiger partial charge in [-0.05, 0) is 81.5 Å². The van der Waals surface area contributed by atoms with Crippen LogP contribution in [-0.4, -0.2) is 76.4 Å². The molecule has 5 nitrogen and oxygen atoms in total. The maximum absolute atomic E-state index is 9.50. The van der Waals surface area contributed by atoms with Gasteiger partial charge in [0.05, 0.1) is 18.6 Å². The summed E-state index contributed by atoms with van der Waals surface area (Å²) >= 11 is 0. The molecule has 2 heterocycles. The third-order valence-electron chi connectivity index (χ3n) is 7.60. The number of alkyl halides is 1. The molecule has 224 valence electrons. The average molecular weight is 554 g/mol. The second-order valence-electron chi connectivity index (χ2n) is 11.0. The van der Waals surface area contributed by atoms with Gasteiger partial charge in [-0.1, -0.05) is 32.6 Å². The van der Waals surface area contributed by atoms with Gasteiger partial charge in [-0.15, -0.1) is 13.2 Å². The Hall–Kier alpha value is -2.83. The molecule has 1 unspecified atom stereocenters. The summed E-state index contributed by atoms with van der Waals surface area (Å²) in [6.07, 6.45) is 7.73. The number of allylic oxidation sites excluding steroid dienone is 2. The number of aryl methyl sites for hydroxylation is 1. The van der Waals surface area contributed by atoms with E-state index in [4.69, 9.17) is 0 Å². The zero-order chi connectivity index (χ0) is 30.4. The number of nitrogens with zero attached hydrogens (tertiary/aromatic N) is 3. The van der Waals surface area contributed by atoms with E-state index in [0.717, 1.165) is 62.6 Å². The highest BCUT2D eigenvalue weighted by molar-refractivity contribution is 5.82. The van der Waals surface area contributed by atoms with E-state index in [2.05, 4.69) is 118 Å². The standard InChI is InChI=1S/C31H49N5.C2H4.CH3F/c1-10-23(4)29(18-32-8)26(7)33-30-17-28(27-12-11-13-35(21-27)19-22(2)3)24(5)16-31(30)36-15-14-34(9)25(6)20-36;2*1-2/h10,12,16-18,22,25,32-33H,7,11,13-15,19-21H2,1-6,8-9H3;1-2H2;1H3/b23-10-,29-18+;;. The lowest BCUT2D eigenvalue weighted by Gasteiger charge is -2.40. The molecule has 1 saturated heterocycles. The topological polar surface area (TPSA) is 33.8 Å². The molecule has 1 atom stereocenters. The predicted molar refractivity (Wildman–Crippen MR) is 177 cm³/mol. The van der Waals surface area contributed by atoms with Crippen LogP contribution in [0.2, 0.25) is 0 Å². The Bertz CT molecular complexity index is 1040. The molecule has 0 radical (unpaired) electrons. The first-order chi connectivity index (χ1) is 19.1. The van der Waals surface area contributed by atoms with Crippen LogP contribution in [-0.2, 0) is 0 Å². The molecule has 3 rings (SSSR count). The smallest absolute Gasteiger partial charge is 0.0785 e. The van der Waals surface area contributed by atoms with E-state index in [1.165, 1.54) is 28.0 Å². The highest BCUT2D eigenvalue weighted by Crippen LogP contribution is 2.36. The summed E-state index contributed by atoms with van der Waals surface area (Å²) in [6, 6.07) is 5.30. The number of hydrogen-bond acceptors (Lipinski definition) is 5. The van der Waals surface area contributed by atoms with Gasteiger partial charge in [0.1, 0.15) is 0 Å². The number of rotatable bonds is 9. The van der Waals surface area contributed by atoms with Crippen LogP contribution in [0.3, 0.4) is 0 Å². The molecular formula is C34H56FN5. The van der Waals surface area contributed by atoms with Crippen molar-refractivity contribution < 1.29 is 4.39 Å². The number of anilines is 2. The van der Waals surface area contributed by atoms with E-state index in [1.54, 1.807) is 0 Å². The number of benzene rings is 1. The zero-order valence-corrected chi connectivity index (χ0v) is 26.8. The van der Waals surface area contributed by atoms with Gasteiger partial charge in [-0.25, -0.2) is 0 Å². The molecule has 1 fully saturated rings. The van der Waals surface area contributed by atoms with Crippen LogP contribution < -0.4 is 15.5 Å². The molecule has 0 aromatic heterocycles. The second kappa shape index (κ2) is 17.8. The van der Waals surface area contributed by atoms with Gasteiger partial charge in [0.15, 0.2) is 0 Å². The molecule has 6 heteroatoms. The molecule has 2 aliphatic rings. The fourth-order valence-electron chi connectivity index (χ4n) is 5.31. The molecule has 1 aromatic carbocycles. The first-order valence-electron chi connectivity index (χ1n) is 14.5. The van der Waals surface area contributed by atoms with Crippen LogP contribution in [0.25, 0.3) is 5.57 Å². The molecule has 1 aromatic rings. The van der Waals surface area contributed by atoms with Crippen molar-refractivity contribution in [3.8, 4) is 0 Å². The van der Waals surface area contributed by atoms with E-state index < -0.39 is 0 Å². The Kier molecular flexibility index (Phi) is 15.6. The Labute approximate surface area is 245 Å². The third-order valence-corrected chi connectivity index (χ3v) is 7.60. The van der Waals surface area contributed by atoms with Gasteiger partial charge in [-0.3, -0.25) is 9.29 Å². The third kappa shape index (κ3) is 9.67. The number of likely N-dealkylation sites (N-methyl/N-ethyl adjacent to an activating group) is 1. The van der Waals surface area contributed by atoms with E-state index >= 15 is 0 Å². The molecule has 0 spiro atoms. The summed E-state index contributed by atoms with van der Waals surface area (Å²) in [6.45, 7) is 30.3. The minimum Gasteiger partial charge on any atom is -0.393 e. The van der Waals surface area contributed by atoms with E-state index in [1.807, 2.05) is 13.2 Å². The van der Waals surface area contributed by atoms with Gasteiger partial charge >= 0.3 is 0 Å². The van der Waals surface area contributed by atoms with Gasteiger partial charge in [0.2, 0.25) is 0 Å². The van der Waals surface area contributed by atoms with Crippen molar-refractivity contribution in [2.45, 2.75) is 54.0 Å². The molecule has 2 N–H and O–H groups in total. The Morgan fingerprint density at radius 1 is 1.18 bits per heavy atom. The molecule has 40 heavy (non-hydrogen) atoms. The maximum Gasteiger partial charge on any atom is 0.0785 e. The minimum atomic E-state index is 0.500. The second-order valence-corrected chi connectivity index (χ2v) is 11.0. The SMILES string of the molecule is C=C.C=C(Nc1cc(C2=CCCN(CC(C)C)C2)c(C)cc1N1CCN(C)C(C)C1)C(=C/NC)/C(C)=C\C.CF. The van der Waals surface area contributed by atoms with E-state index in [9.17, 15) is 4.39 Å². The average Bonchev–Trinajstić information content (AvgIpc) is 2.95. The molecule has 0 aliphatic carbocycles. The van der Waals surface area contributed by atoms with Gasteiger partial charge in [-0.2, -0.15) is 0 Å². The van der Waals surface area contributed by atoms with Gasteiger partial charge in [0, 0.05) is 69.8 Å². The predicted octanol–water partition coefficient (Wildman–Crippen LogP) is 7.26. The molecule has 0 saturated carbocycles. The summed E-state index contributed by atoms with van der Waals surface area (Å²) in [5.74, 6) is 0.680. The van der Waals surface area contributed by atoms with Crippen LogP contribution in [0.1, 0.15) is 52.2 Å². The minimum absolute atomic E-state index is 0.500. The highest BCUT2D eigenvalue weighted by Gasteiger charge is 2.25. The molecule has 0 amide bonds. The summed E-state index contributed by atoms with van der Waals surface area (Å²) in [5, 5.41) is 6.94. The Morgan fingerprint density at radius 3 is 2.42 bits per heavy atom. The number of hydrogen-bond donors (Lipinski definition) is 2. The normalized spacial score (nSPS) is 18.7. The van der Waals surface area contributed by atoms with Gasteiger partial charge < -0.3 is 20.4 Å². The van der Waals surface area contributed by atoms with Crippen LogP contribution >= 0.6 is 0 Å². The first kappa shape index (κ1) is 35.2. The maximum atomic E-state index is 9.50. The number of halogens is 1. The fraction of sp³-hybridized carbons (Fsp3) is 0.529. The van der Waals surface area contributed by atoms with E-state index in [0.29, 0.717) is 19.1 Å². The Morgan fingerprint density at radius 2 is 1.85 bits per heavy atom. The summed E-state index contributed by atoms with van der Waals surface area (Å²) in [4.78, 5) is 7.59. The summed E-state index contributed by atoms with van der Waals surface area (Å²) < 4.78 is 9.50. The van der Waals surface area contributed by atoms with Crippen molar-refractivity contribution in [2.75, 3.05) is 70.8 Å². The first-order valence-corrected chi connectivity index (χ1v) is 14.5. The number of nitrogens with one attached hydrogen (secondary N) is 2. The zero-order valence-electron chi connectivity index (χ0n) is 26.8. The van der Waals surface area contributed by atoms with Crippen molar-refractivity contribution in [1.29, 1.82) is 0 Å². The van der Waals surface area contributed by atoms with Gasteiger partial charge in [0.25, 0.3) is 0 Å². The van der Waals surface area contributed by atoms with E-state index in [-0.39, 0.29) is 0 Å². The highest BCUT2D eigenvalue weighted by atomic mass is 19.1. The van der Waals surface area contributed by atoms with Crippen molar-refractivity contribution >= 4 is 16.9 Å². The van der Waals surface area contributed by atoms with Crippen molar-refractivity contribution in [3.63, 3.8) is 0 Å². The lowest BCUT2D eigenvalue weighted by Crippen LogP contribution is -2.50. The fourth-order valence-corrected chi connectivity index (χ4v) is 5.31. The summed E-state index contributed by atoms with van der Waals surface area (Å²) in [5.41, 5.74) is 9.77. The Balaban J connectivity index is 0.00000191. The van der Waals surface area contributed by atoms with Crippen LogP contribution in [0.4, 0.5) is 15.8 Å². The largest absolute Gasteiger partial charge is 0.393 e. The van der Waals surface area contributed by atoms with Crippen molar-refractivity contribution in [2.24, 2.45) is 5.92 Å². The monoisotopic (exact) mass is 553 g/mol. The lowest BCUT2D eigenvalue weighted by atomic mass is 9.94. The van der Waals surface area contributed by atoms with Crippen LogP contribution in [0, 0.1) is 12.8 Å². The molecular weight excluding hydrogens is 497 g/mol. The van der Waals surface area contributed by atoms with Crippen LogP contribution in [0.15, 0.2) is 67.1 Å². The molecule has 2 aliphatic heterocycles. The van der Waals surface area contributed by atoms with Crippen molar-refractivity contribution in [3.05, 3.63) is 78.2 Å². The van der Waals surface area contributed by atoms with Crippen LogP contribution in [0.5, 0.6) is 0 Å². The summed E-state index contributed by atoms with van der Waals surface area (Å²) in [7, 11) is 4.67. The quantitative estimate of drug-likeness (QED) is 0.248. The molecule has 0 bridgehead atoms.